The lowest BCUT2D eigenvalue weighted by Gasteiger charge is -2.00. The van der Waals surface area contributed by atoms with Crippen molar-refractivity contribution < 1.29 is 4.74 Å². The summed E-state index contributed by atoms with van der Waals surface area (Å²) in [7, 11) is 1.66. The molecule has 1 nitrogen and oxygen atoms in total. The molecule has 0 aromatic carbocycles. The summed E-state index contributed by atoms with van der Waals surface area (Å²) in [6.45, 7) is 6.01. The number of methoxy groups -OCH3 is 1. The fourth-order valence-corrected chi connectivity index (χ4v) is 2.25. The minimum atomic E-state index is 0.749. The van der Waals surface area contributed by atoms with Crippen LogP contribution in [-0.4, -0.2) is 7.11 Å². The molecule has 0 N–H and O–H groups in total. The van der Waals surface area contributed by atoms with Gasteiger partial charge in [0.2, 0.25) is 0 Å². The second kappa shape index (κ2) is 17.1. The van der Waals surface area contributed by atoms with E-state index in [-0.39, 0.29) is 0 Å². The van der Waals surface area contributed by atoms with Crippen molar-refractivity contribution in [2.24, 2.45) is 0 Å². The average Bonchev–Trinajstić information content (AvgIpc) is 2.50. The highest BCUT2D eigenvalue weighted by Gasteiger charge is 1.91. The molecule has 0 aromatic rings. The van der Waals surface area contributed by atoms with Gasteiger partial charge in [-0.05, 0) is 38.2 Å². The Hall–Kier alpha value is -0.980. The van der Waals surface area contributed by atoms with E-state index in [1.54, 1.807) is 7.11 Å². The molecular formula is C20H36O. The Balaban J connectivity index is 3.14. The fourth-order valence-electron chi connectivity index (χ4n) is 2.25. The van der Waals surface area contributed by atoms with E-state index in [1.165, 1.54) is 70.6 Å². The number of ether oxygens (including phenoxy) is 1. The number of allylic oxidation sites excluding steroid dienone is 4. The van der Waals surface area contributed by atoms with Crippen LogP contribution in [0.3, 0.4) is 0 Å². The summed E-state index contributed by atoms with van der Waals surface area (Å²) in [5, 5.41) is 0. The third-order valence-electron chi connectivity index (χ3n) is 3.70. The van der Waals surface area contributed by atoms with Gasteiger partial charge < -0.3 is 4.74 Å². The topological polar surface area (TPSA) is 9.23 Å². The van der Waals surface area contributed by atoms with E-state index < -0.39 is 0 Å². The zero-order valence-corrected chi connectivity index (χ0v) is 14.4. The predicted molar refractivity (Wildman–Crippen MR) is 95.5 cm³/mol. The third-order valence-corrected chi connectivity index (χ3v) is 3.70. The maximum Gasteiger partial charge on any atom is 0.111 e. The highest BCUT2D eigenvalue weighted by atomic mass is 16.5. The van der Waals surface area contributed by atoms with Crippen molar-refractivity contribution in [2.75, 3.05) is 7.11 Å². The van der Waals surface area contributed by atoms with Gasteiger partial charge in [-0.2, -0.15) is 0 Å². The summed E-state index contributed by atoms with van der Waals surface area (Å²) in [5.41, 5.74) is 0. The van der Waals surface area contributed by atoms with Crippen molar-refractivity contribution >= 4 is 0 Å². The Morgan fingerprint density at radius 2 is 1.24 bits per heavy atom. The smallest absolute Gasteiger partial charge is 0.111 e. The molecule has 122 valence electrons. The van der Waals surface area contributed by atoms with Crippen LogP contribution in [0.15, 0.2) is 36.6 Å². The second-order valence-corrected chi connectivity index (χ2v) is 5.74. The quantitative estimate of drug-likeness (QED) is 0.137. The van der Waals surface area contributed by atoms with Gasteiger partial charge in [0, 0.05) is 0 Å². The minimum absolute atomic E-state index is 0.749. The molecule has 21 heavy (non-hydrogen) atoms. The highest BCUT2D eigenvalue weighted by Crippen LogP contribution is 2.10. The van der Waals surface area contributed by atoms with Crippen molar-refractivity contribution in [3.05, 3.63) is 36.6 Å². The minimum Gasteiger partial charge on any atom is -0.497 e. The summed E-state index contributed by atoms with van der Waals surface area (Å²) in [4.78, 5) is 0. The summed E-state index contributed by atoms with van der Waals surface area (Å²) in [6, 6.07) is 0. The van der Waals surface area contributed by atoms with Crippen LogP contribution in [0, 0.1) is 0 Å². The Morgan fingerprint density at radius 1 is 0.762 bits per heavy atom. The first-order valence-electron chi connectivity index (χ1n) is 8.85. The van der Waals surface area contributed by atoms with E-state index in [2.05, 4.69) is 31.7 Å². The van der Waals surface area contributed by atoms with Crippen LogP contribution in [0.2, 0.25) is 0 Å². The lowest BCUT2D eigenvalue weighted by atomic mass is 10.1. The molecular weight excluding hydrogens is 256 g/mol. The van der Waals surface area contributed by atoms with Gasteiger partial charge in [-0.1, -0.05) is 76.7 Å². The van der Waals surface area contributed by atoms with E-state index in [1.807, 2.05) is 6.08 Å². The summed E-state index contributed by atoms with van der Waals surface area (Å²) in [6.07, 6.45) is 24.8. The summed E-state index contributed by atoms with van der Waals surface area (Å²) >= 11 is 0. The molecule has 0 aliphatic carbocycles. The largest absolute Gasteiger partial charge is 0.497 e. The Bertz CT molecular complexity index is 276. The first-order chi connectivity index (χ1) is 10.3. The lowest BCUT2D eigenvalue weighted by Crippen LogP contribution is -1.81. The number of rotatable bonds is 15. The molecule has 0 radical (unpaired) electrons. The van der Waals surface area contributed by atoms with E-state index in [4.69, 9.17) is 4.74 Å². The Labute approximate surface area is 133 Å². The van der Waals surface area contributed by atoms with Crippen LogP contribution in [0.25, 0.3) is 0 Å². The zero-order chi connectivity index (χ0) is 15.6. The van der Waals surface area contributed by atoms with Crippen molar-refractivity contribution in [2.45, 2.75) is 84.0 Å². The van der Waals surface area contributed by atoms with E-state index >= 15 is 0 Å². The third kappa shape index (κ3) is 17.0. The van der Waals surface area contributed by atoms with Crippen LogP contribution in [-0.2, 0) is 4.74 Å². The average molecular weight is 293 g/mol. The van der Waals surface area contributed by atoms with Crippen LogP contribution >= 0.6 is 0 Å². The van der Waals surface area contributed by atoms with Crippen LogP contribution in [0.4, 0.5) is 0 Å². The molecule has 0 aliphatic rings. The lowest BCUT2D eigenvalue weighted by molar-refractivity contribution is 0.308. The fraction of sp³-hybridized carbons (Fsp3) is 0.700. The maximum absolute atomic E-state index is 4.98. The molecule has 0 bridgehead atoms. The molecule has 0 unspecified atom stereocenters. The van der Waals surface area contributed by atoms with Gasteiger partial charge in [-0.15, -0.1) is 0 Å². The molecule has 0 spiro atoms. The first kappa shape index (κ1) is 20.0. The zero-order valence-electron chi connectivity index (χ0n) is 14.4. The van der Waals surface area contributed by atoms with Gasteiger partial charge >= 0.3 is 0 Å². The van der Waals surface area contributed by atoms with E-state index in [0.717, 1.165) is 12.2 Å². The number of hydrogen-bond donors (Lipinski definition) is 0. The molecule has 0 fully saturated rings. The Kier molecular flexibility index (Phi) is 16.3. The number of hydrogen-bond acceptors (Lipinski definition) is 1. The van der Waals surface area contributed by atoms with Crippen molar-refractivity contribution in [1.29, 1.82) is 0 Å². The van der Waals surface area contributed by atoms with Gasteiger partial charge in [0.05, 0.1) is 7.11 Å². The monoisotopic (exact) mass is 292 g/mol. The summed E-state index contributed by atoms with van der Waals surface area (Å²) < 4.78 is 4.98. The van der Waals surface area contributed by atoms with E-state index in [0.29, 0.717) is 0 Å². The summed E-state index contributed by atoms with van der Waals surface area (Å²) in [5.74, 6) is 0.749. The van der Waals surface area contributed by atoms with Crippen molar-refractivity contribution in [3.63, 3.8) is 0 Å². The maximum atomic E-state index is 4.98. The molecule has 0 amide bonds. The SMILES string of the molecule is C=C(/C=C/CCCCCCCCC/C=C\CCCC)OC. The molecule has 0 saturated heterocycles. The van der Waals surface area contributed by atoms with Crippen LogP contribution in [0.1, 0.15) is 84.0 Å². The molecule has 0 heterocycles. The molecule has 0 aromatic heterocycles. The molecule has 0 rings (SSSR count). The van der Waals surface area contributed by atoms with Crippen LogP contribution in [0.5, 0.6) is 0 Å². The highest BCUT2D eigenvalue weighted by molar-refractivity contribution is 5.06. The van der Waals surface area contributed by atoms with Gasteiger partial charge in [0.15, 0.2) is 0 Å². The molecule has 0 aliphatic heterocycles. The second-order valence-electron chi connectivity index (χ2n) is 5.74. The first-order valence-corrected chi connectivity index (χ1v) is 8.85. The van der Waals surface area contributed by atoms with Crippen molar-refractivity contribution in [3.8, 4) is 0 Å². The van der Waals surface area contributed by atoms with Gasteiger partial charge in [-0.3, -0.25) is 0 Å². The van der Waals surface area contributed by atoms with E-state index in [9.17, 15) is 0 Å². The van der Waals surface area contributed by atoms with Gasteiger partial charge in [-0.25, -0.2) is 0 Å². The normalized spacial score (nSPS) is 11.5. The van der Waals surface area contributed by atoms with Gasteiger partial charge in [0.25, 0.3) is 0 Å². The standard InChI is InChI=1S/C20H36O/c1-4-5-6-7-8-9-10-11-12-13-14-15-16-17-18-19-20(2)21-3/h7-8,18-19H,2,4-6,9-17H2,1,3H3/b8-7-,19-18+. The molecule has 0 saturated carbocycles. The Morgan fingerprint density at radius 3 is 1.76 bits per heavy atom. The predicted octanol–water partition coefficient (Wildman–Crippen LogP) is 6.96. The van der Waals surface area contributed by atoms with Gasteiger partial charge in [0.1, 0.15) is 5.76 Å². The van der Waals surface area contributed by atoms with Crippen molar-refractivity contribution in [1.82, 2.24) is 0 Å². The molecule has 1 heteroatoms. The number of unbranched alkanes of at least 4 members (excludes halogenated alkanes) is 10. The van der Waals surface area contributed by atoms with Crippen LogP contribution < -0.4 is 0 Å². The molecule has 0 atom stereocenters.